The summed E-state index contributed by atoms with van der Waals surface area (Å²) in [5, 5.41) is 29.5. The monoisotopic (exact) mass is 458 g/mol. The molecule has 0 amide bonds. The van der Waals surface area contributed by atoms with Gasteiger partial charge in [0.25, 0.3) is 0 Å². The Labute approximate surface area is 199 Å². The molecule has 2 aromatic rings. The topological polar surface area (TPSA) is 60.7 Å². The first-order valence-corrected chi connectivity index (χ1v) is 12.8. The van der Waals surface area contributed by atoms with Crippen molar-refractivity contribution in [1.82, 2.24) is 0 Å². The average Bonchev–Trinajstić information content (AvgIpc) is 2.78. The summed E-state index contributed by atoms with van der Waals surface area (Å²) in [5.74, 6) is 0.702. The molecule has 3 nitrogen and oxygen atoms in total. The summed E-state index contributed by atoms with van der Waals surface area (Å²) >= 11 is 1.74. The molecule has 4 heteroatoms. The third-order valence-corrected chi connectivity index (χ3v) is 8.29. The van der Waals surface area contributed by atoms with E-state index < -0.39 is 0 Å². The van der Waals surface area contributed by atoms with Crippen LogP contribution in [0.1, 0.15) is 81.7 Å². The molecule has 0 spiro atoms. The van der Waals surface area contributed by atoms with Crippen molar-refractivity contribution in [3.63, 3.8) is 0 Å². The Balaban J connectivity index is 2.19. The van der Waals surface area contributed by atoms with E-state index in [4.69, 9.17) is 0 Å². The lowest BCUT2D eigenvalue weighted by Gasteiger charge is -2.33. The predicted octanol–water partition coefficient (Wildman–Crippen LogP) is 6.17. The van der Waals surface area contributed by atoms with Crippen LogP contribution in [-0.2, 0) is 25.0 Å². The van der Waals surface area contributed by atoms with Crippen LogP contribution in [0.3, 0.4) is 0 Å². The third-order valence-electron chi connectivity index (χ3n) is 7.04. The number of thioether (sulfide) groups is 1. The van der Waals surface area contributed by atoms with Crippen molar-refractivity contribution in [2.45, 2.75) is 96.9 Å². The summed E-state index contributed by atoms with van der Waals surface area (Å²) < 4.78 is 0. The highest BCUT2D eigenvalue weighted by Crippen LogP contribution is 2.39. The van der Waals surface area contributed by atoms with Crippen molar-refractivity contribution in [3.8, 4) is 0 Å². The van der Waals surface area contributed by atoms with Crippen molar-refractivity contribution in [2.24, 2.45) is 5.41 Å². The van der Waals surface area contributed by atoms with Gasteiger partial charge in [-0.1, -0.05) is 65.0 Å². The van der Waals surface area contributed by atoms with Crippen LogP contribution in [0.25, 0.3) is 0 Å². The number of hydrogen-bond donors (Lipinski definition) is 3. The van der Waals surface area contributed by atoms with Gasteiger partial charge in [0.1, 0.15) is 0 Å². The van der Waals surface area contributed by atoms with E-state index >= 15 is 0 Å². The Kier molecular flexibility index (Phi) is 9.84. The van der Waals surface area contributed by atoms with Gasteiger partial charge in [-0.15, -0.1) is 11.8 Å². The summed E-state index contributed by atoms with van der Waals surface area (Å²) in [7, 11) is 0. The summed E-state index contributed by atoms with van der Waals surface area (Å²) in [6.45, 7) is 12.9. The van der Waals surface area contributed by atoms with Crippen molar-refractivity contribution in [3.05, 3.63) is 64.2 Å². The van der Waals surface area contributed by atoms with E-state index in [-0.39, 0.29) is 30.1 Å². The van der Waals surface area contributed by atoms with E-state index in [1.54, 1.807) is 11.8 Å². The molecule has 1 atom stereocenters. The first-order chi connectivity index (χ1) is 15.1. The Morgan fingerprint density at radius 1 is 0.906 bits per heavy atom. The van der Waals surface area contributed by atoms with E-state index in [1.165, 1.54) is 21.6 Å². The zero-order chi connectivity index (χ0) is 23.9. The van der Waals surface area contributed by atoms with E-state index in [1.807, 2.05) is 12.1 Å². The van der Waals surface area contributed by atoms with E-state index in [0.717, 1.165) is 36.8 Å². The van der Waals surface area contributed by atoms with Crippen molar-refractivity contribution >= 4 is 11.8 Å². The maximum absolute atomic E-state index is 10.4. The molecular formula is C28H42O3S. The van der Waals surface area contributed by atoms with Gasteiger partial charge in [0.15, 0.2) is 0 Å². The summed E-state index contributed by atoms with van der Waals surface area (Å²) in [6, 6.07) is 12.9. The van der Waals surface area contributed by atoms with Gasteiger partial charge in [0, 0.05) is 10.6 Å². The van der Waals surface area contributed by atoms with Crippen LogP contribution in [0.4, 0.5) is 0 Å². The highest BCUT2D eigenvalue weighted by Gasteiger charge is 2.29. The molecule has 0 aliphatic heterocycles. The van der Waals surface area contributed by atoms with E-state index in [9.17, 15) is 15.3 Å². The molecule has 0 radical (unpaired) electrons. The van der Waals surface area contributed by atoms with Gasteiger partial charge in [0.2, 0.25) is 0 Å². The highest BCUT2D eigenvalue weighted by molar-refractivity contribution is 7.99. The van der Waals surface area contributed by atoms with Crippen LogP contribution < -0.4 is 0 Å². The Morgan fingerprint density at radius 2 is 1.56 bits per heavy atom. The average molecular weight is 459 g/mol. The maximum atomic E-state index is 10.4. The molecule has 178 valence electrons. The second-order valence-corrected chi connectivity index (χ2v) is 11.1. The largest absolute Gasteiger partial charge is 0.392 e. The molecule has 0 aromatic heterocycles. The Morgan fingerprint density at radius 3 is 2.09 bits per heavy atom. The minimum Gasteiger partial charge on any atom is -0.392 e. The zero-order valence-corrected chi connectivity index (χ0v) is 21.6. The van der Waals surface area contributed by atoms with Gasteiger partial charge >= 0.3 is 0 Å². The maximum Gasteiger partial charge on any atom is 0.0685 e. The van der Waals surface area contributed by atoms with Gasteiger partial charge in [-0.2, -0.15) is 0 Å². The fourth-order valence-corrected chi connectivity index (χ4v) is 5.52. The predicted molar refractivity (Wildman–Crippen MR) is 136 cm³/mol. The van der Waals surface area contributed by atoms with Gasteiger partial charge in [-0.3, -0.25) is 0 Å². The number of benzene rings is 2. The van der Waals surface area contributed by atoms with Crippen LogP contribution in [0.2, 0.25) is 0 Å². The molecule has 32 heavy (non-hydrogen) atoms. The molecule has 0 saturated carbocycles. The van der Waals surface area contributed by atoms with Crippen molar-refractivity contribution < 1.29 is 15.3 Å². The van der Waals surface area contributed by atoms with Crippen LogP contribution >= 0.6 is 11.8 Å². The minimum absolute atomic E-state index is 0.0412. The van der Waals surface area contributed by atoms with Crippen LogP contribution in [0.5, 0.6) is 0 Å². The molecule has 0 bridgehead atoms. The van der Waals surface area contributed by atoms with Crippen LogP contribution in [0, 0.1) is 12.3 Å². The normalized spacial score (nSPS) is 13.4. The molecule has 0 aliphatic carbocycles. The zero-order valence-electron chi connectivity index (χ0n) is 20.7. The van der Waals surface area contributed by atoms with Crippen molar-refractivity contribution in [2.75, 3.05) is 5.75 Å². The van der Waals surface area contributed by atoms with E-state index in [2.05, 4.69) is 65.8 Å². The van der Waals surface area contributed by atoms with E-state index in [0.29, 0.717) is 5.75 Å². The fourth-order valence-electron chi connectivity index (χ4n) is 4.24. The lowest BCUT2D eigenvalue weighted by atomic mass is 9.71. The second-order valence-electron chi connectivity index (χ2n) is 10.1. The standard InChI is InChI=1S/C28H42O3S/c1-7-28(8-2,14-13-21-9-10-22(17-29)23(16-21)18-30)24-11-12-25(20(3)15-24)32-19-26(31)27(4,5)6/h9-12,15-16,26,29-31H,7-8,13-14,17-19H2,1-6H3. The SMILES string of the molecule is CCC(CC)(CCc1ccc(CO)c(CO)c1)c1ccc(SCC(O)C(C)(C)C)c(C)c1. The lowest BCUT2D eigenvalue weighted by molar-refractivity contribution is 0.0843. The smallest absolute Gasteiger partial charge is 0.0685 e. The minimum atomic E-state index is -0.335. The Bertz CT molecular complexity index is 865. The van der Waals surface area contributed by atoms with Gasteiger partial charge in [-0.25, -0.2) is 0 Å². The molecule has 1 unspecified atom stereocenters. The molecule has 0 heterocycles. The molecule has 3 N–H and O–H groups in total. The third kappa shape index (κ3) is 6.60. The number of aliphatic hydroxyl groups is 3. The molecule has 2 aromatic carbocycles. The first kappa shape index (κ1) is 26.9. The summed E-state index contributed by atoms with van der Waals surface area (Å²) in [6.07, 6.45) is 3.78. The summed E-state index contributed by atoms with van der Waals surface area (Å²) in [5.41, 5.74) is 5.48. The molecule has 0 aliphatic rings. The number of rotatable bonds is 11. The number of aliphatic hydroxyl groups excluding tert-OH is 3. The summed E-state index contributed by atoms with van der Waals surface area (Å²) in [4.78, 5) is 1.24. The van der Waals surface area contributed by atoms with Gasteiger partial charge in [0.05, 0.1) is 19.3 Å². The molecule has 2 rings (SSSR count). The molecular weight excluding hydrogens is 416 g/mol. The fraction of sp³-hybridized carbons (Fsp3) is 0.571. The number of hydrogen-bond acceptors (Lipinski definition) is 4. The second kappa shape index (κ2) is 11.7. The van der Waals surface area contributed by atoms with Crippen LogP contribution in [0.15, 0.2) is 41.3 Å². The molecule has 0 fully saturated rings. The highest BCUT2D eigenvalue weighted by atomic mass is 32.2. The first-order valence-electron chi connectivity index (χ1n) is 11.8. The van der Waals surface area contributed by atoms with Crippen molar-refractivity contribution in [1.29, 1.82) is 0 Å². The van der Waals surface area contributed by atoms with Gasteiger partial charge < -0.3 is 15.3 Å². The molecule has 0 saturated heterocycles. The quantitative estimate of drug-likeness (QED) is 0.352. The van der Waals surface area contributed by atoms with Gasteiger partial charge in [-0.05, 0) is 77.3 Å². The number of aryl methyl sites for hydroxylation is 2. The van der Waals surface area contributed by atoms with Crippen LogP contribution in [-0.4, -0.2) is 27.2 Å². The Hall–Kier alpha value is -1.33. The lowest BCUT2D eigenvalue weighted by Crippen LogP contribution is -2.28.